The molecule has 0 spiro atoms. The van der Waals surface area contributed by atoms with E-state index in [0.717, 1.165) is 11.6 Å². The number of alkyl halides is 3. The van der Waals surface area contributed by atoms with E-state index in [4.69, 9.17) is 0 Å². The molecule has 0 bridgehead atoms. The van der Waals surface area contributed by atoms with Crippen LogP contribution in [0.2, 0.25) is 0 Å². The number of carbonyl (C=O) groups excluding carboxylic acids is 1. The van der Waals surface area contributed by atoms with Gasteiger partial charge < -0.3 is 5.32 Å². The van der Waals surface area contributed by atoms with Gasteiger partial charge in [-0.3, -0.25) is 4.79 Å². The minimum absolute atomic E-state index is 0.387. The molecule has 1 N–H and O–H groups in total. The number of halogens is 3. The molecule has 0 saturated heterocycles. The van der Waals surface area contributed by atoms with Gasteiger partial charge >= 0.3 is 6.18 Å². The van der Waals surface area contributed by atoms with Crippen LogP contribution in [0.5, 0.6) is 0 Å². The van der Waals surface area contributed by atoms with Crippen molar-refractivity contribution in [2.75, 3.05) is 6.54 Å². The quantitative estimate of drug-likeness (QED) is 0.860. The lowest BCUT2D eigenvalue weighted by atomic mass is 10.2. The third-order valence-corrected chi connectivity index (χ3v) is 2.61. The van der Waals surface area contributed by atoms with Crippen molar-refractivity contribution >= 4 is 12.0 Å². The number of aromatic nitrogens is 3. The number of carbonyl (C=O) groups is 1. The third kappa shape index (κ3) is 5.39. The first-order valence-electron chi connectivity index (χ1n) is 6.39. The molecule has 0 atom stereocenters. The van der Waals surface area contributed by atoms with E-state index in [0.29, 0.717) is 12.2 Å². The van der Waals surface area contributed by atoms with Crippen molar-refractivity contribution in [3.8, 4) is 0 Å². The van der Waals surface area contributed by atoms with Gasteiger partial charge in [-0.2, -0.15) is 13.2 Å². The highest BCUT2D eigenvalue weighted by atomic mass is 19.4. The van der Waals surface area contributed by atoms with Crippen LogP contribution in [0.1, 0.15) is 11.3 Å². The summed E-state index contributed by atoms with van der Waals surface area (Å²) in [6.07, 6.45) is -0.536. The van der Waals surface area contributed by atoms with Crippen molar-refractivity contribution in [3.05, 3.63) is 53.9 Å². The first kappa shape index (κ1) is 15.7. The number of hydrogen-bond acceptors (Lipinski definition) is 3. The number of amides is 1. The lowest BCUT2D eigenvalue weighted by molar-refractivity contribution is -0.135. The maximum atomic E-state index is 11.9. The normalized spacial score (nSPS) is 11.8. The largest absolute Gasteiger partial charge is 0.405 e. The summed E-state index contributed by atoms with van der Waals surface area (Å²) in [7, 11) is 0. The van der Waals surface area contributed by atoms with E-state index < -0.39 is 18.6 Å². The molecule has 1 amide bonds. The van der Waals surface area contributed by atoms with Gasteiger partial charge in [0.1, 0.15) is 12.2 Å². The predicted octanol–water partition coefficient (Wildman–Crippen LogP) is 2.02. The zero-order valence-electron chi connectivity index (χ0n) is 11.4. The maximum absolute atomic E-state index is 11.9. The fourth-order valence-corrected chi connectivity index (χ4v) is 1.64. The Hall–Kier alpha value is -2.64. The van der Waals surface area contributed by atoms with Gasteiger partial charge in [0.2, 0.25) is 5.91 Å². The van der Waals surface area contributed by atoms with Crippen LogP contribution in [-0.2, 0) is 11.3 Å². The van der Waals surface area contributed by atoms with Crippen molar-refractivity contribution in [2.45, 2.75) is 12.7 Å². The van der Waals surface area contributed by atoms with Gasteiger partial charge in [0.25, 0.3) is 0 Å². The Morgan fingerprint density at radius 1 is 1.27 bits per heavy atom. The van der Waals surface area contributed by atoms with E-state index in [1.165, 1.54) is 6.08 Å². The molecule has 1 heterocycles. The van der Waals surface area contributed by atoms with E-state index in [9.17, 15) is 18.0 Å². The number of rotatable bonds is 5. The molecule has 0 unspecified atom stereocenters. The number of benzene rings is 1. The van der Waals surface area contributed by atoms with E-state index in [1.54, 1.807) is 16.2 Å². The monoisotopic (exact) mass is 310 g/mol. The molecule has 0 radical (unpaired) electrons. The topological polar surface area (TPSA) is 59.8 Å². The Balaban J connectivity index is 1.89. The van der Waals surface area contributed by atoms with E-state index in [1.807, 2.05) is 30.3 Å². The summed E-state index contributed by atoms with van der Waals surface area (Å²) in [6.45, 7) is -0.848. The highest BCUT2D eigenvalue weighted by Gasteiger charge is 2.27. The standard InChI is InChI=1S/C14H13F3N4O/c15-14(16,17)10-18-13(22)7-6-12-9-21(20-19-12)8-11-4-2-1-3-5-11/h1-7,9H,8,10H2,(H,18,22). The van der Waals surface area contributed by atoms with Gasteiger partial charge in [0, 0.05) is 6.08 Å². The molecule has 2 aromatic rings. The fourth-order valence-electron chi connectivity index (χ4n) is 1.64. The maximum Gasteiger partial charge on any atom is 0.405 e. The molecule has 0 aliphatic heterocycles. The van der Waals surface area contributed by atoms with Crippen molar-refractivity contribution in [3.63, 3.8) is 0 Å². The van der Waals surface area contributed by atoms with Crippen LogP contribution >= 0.6 is 0 Å². The second kappa shape index (κ2) is 6.88. The Morgan fingerprint density at radius 3 is 2.68 bits per heavy atom. The van der Waals surface area contributed by atoms with Crippen LogP contribution in [0.25, 0.3) is 6.08 Å². The highest BCUT2D eigenvalue weighted by molar-refractivity contribution is 5.91. The highest BCUT2D eigenvalue weighted by Crippen LogP contribution is 2.12. The summed E-state index contributed by atoms with van der Waals surface area (Å²) in [6, 6.07) is 9.57. The number of nitrogens with zero attached hydrogens (tertiary/aromatic N) is 3. The molecule has 116 valence electrons. The van der Waals surface area contributed by atoms with Gasteiger partial charge in [-0.05, 0) is 11.6 Å². The van der Waals surface area contributed by atoms with Crippen LogP contribution < -0.4 is 5.32 Å². The molecule has 8 heteroatoms. The van der Waals surface area contributed by atoms with Gasteiger partial charge in [0.15, 0.2) is 0 Å². The van der Waals surface area contributed by atoms with Crippen LogP contribution in [0.3, 0.4) is 0 Å². The molecule has 0 aliphatic carbocycles. The van der Waals surface area contributed by atoms with Gasteiger partial charge in [-0.1, -0.05) is 35.5 Å². The van der Waals surface area contributed by atoms with Gasteiger partial charge in [-0.15, -0.1) is 5.10 Å². The van der Waals surface area contributed by atoms with Gasteiger partial charge in [-0.25, -0.2) is 4.68 Å². The molecule has 1 aromatic heterocycles. The molecule has 1 aromatic carbocycles. The molecule has 0 fully saturated rings. The van der Waals surface area contributed by atoms with E-state index in [2.05, 4.69) is 10.3 Å². The Kier molecular flexibility index (Phi) is 4.92. The molecule has 2 rings (SSSR count). The molecule has 0 saturated carbocycles. The van der Waals surface area contributed by atoms with E-state index >= 15 is 0 Å². The smallest absolute Gasteiger partial charge is 0.343 e. The van der Waals surface area contributed by atoms with Crippen LogP contribution in [0.4, 0.5) is 13.2 Å². The first-order valence-corrected chi connectivity index (χ1v) is 6.39. The summed E-state index contributed by atoms with van der Waals surface area (Å²) < 4.78 is 37.3. The lowest BCUT2D eigenvalue weighted by Crippen LogP contribution is -2.32. The summed E-state index contributed by atoms with van der Waals surface area (Å²) in [4.78, 5) is 11.2. The first-order chi connectivity index (χ1) is 10.4. The minimum Gasteiger partial charge on any atom is -0.343 e. The molecular weight excluding hydrogens is 297 g/mol. The van der Waals surface area contributed by atoms with Crippen molar-refractivity contribution in [1.29, 1.82) is 0 Å². The van der Waals surface area contributed by atoms with Crippen molar-refractivity contribution < 1.29 is 18.0 Å². The summed E-state index contributed by atoms with van der Waals surface area (Å²) >= 11 is 0. The van der Waals surface area contributed by atoms with Gasteiger partial charge in [0.05, 0.1) is 12.7 Å². The predicted molar refractivity (Wildman–Crippen MR) is 73.7 cm³/mol. The van der Waals surface area contributed by atoms with Crippen LogP contribution in [0, 0.1) is 0 Å². The second-order valence-electron chi connectivity index (χ2n) is 4.49. The summed E-state index contributed by atoms with van der Waals surface area (Å²) in [5.74, 6) is -0.838. The van der Waals surface area contributed by atoms with E-state index in [-0.39, 0.29) is 0 Å². The van der Waals surface area contributed by atoms with Crippen molar-refractivity contribution in [1.82, 2.24) is 20.3 Å². The van der Waals surface area contributed by atoms with Crippen LogP contribution in [-0.4, -0.2) is 33.6 Å². The molecule has 5 nitrogen and oxygen atoms in total. The minimum atomic E-state index is -4.43. The zero-order chi connectivity index (χ0) is 16.0. The fraction of sp³-hybridized carbons (Fsp3) is 0.214. The Bertz CT molecular complexity index is 650. The lowest BCUT2D eigenvalue weighted by Gasteiger charge is -2.05. The third-order valence-electron chi connectivity index (χ3n) is 2.61. The number of hydrogen-bond donors (Lipinski definition) is 1. The SMILES string of the molecule is O=C(C=Cc1cn(Cc2ccccc2)nn1)NCC(F)(F)F. The Labute approximate surface area is 124 Å². The molecular formula is C14H13F3N4O. The average molecular weight is 310 g/mol. The number of nitrogens with one attached hydrogen (secondary N) is 1. The average Bonchev–Trinajstić information content (AvgIpc) is 2.91. The zero-order valence-corrected chi connectivity index (χ0v) is 11.4. The van der Waals surface area contributed by atoms with Crippen molar-refractivity contribution in [2.24, 2.45) is 0 Å². The molecule has 0 aliphatic rings. The summed E-state index contributed by atoms with van der Waals surface area (Å²) in [5.41, 5.74) is 1.42. The molecule has 22 heavy (non-hydrogen) atoms. The summed E-state index contributed by atoms with van der Waals surface area (Å²) in [5, 5.41) is 9.43. The second-order valence-corrected chi connectivity index (χ2v) is 4.49. The Morgan fingerprint density at radius 2 is 2.00 bits per heavy atom. The van der Waals surface area contributed by atoms with Crippen LogP contribution in [0.15, 0.2) is 42.6 Å².